The monoisotopic (exact) mass is 326 g/mol. The first-order valence-electron chi connectivity index (χ1n) is 6.90. The van der Waals surface area contributed by atoms with Gasteiger partial charge in [0.15, 0.2) is 5.76 Å². The van der Waals surface area contributed by atoms with Gasteiger partial charge >= 0.3 is 0 Å². The molecule has 3 heterocycles. The van der Waals surface area contributed by atoms with Crippen LogP contribution in [0.15, 0.2) is 58.6 Å². The third-order valence-corrected chi connectivity index (χ3v) is 3.87. The van der Waals surface area contributed by atoms with Crippen molar-refractivity contribution in [1.82, 2.24) is 20.3 Å². The van der Waals surface area contributed by atoms with Gasteiger partial charge in [-0.1, -0.05) is 0 Å². The highest BCUT2D eigenvalue weighted by atomic mass is 32.2. The molecule has 3 aromatic rings. The fourth-order valence-electron chi connectivity index (χ4n) is 2.10. The molecule has 3 aromatic heterocycles. The van der Waals surface area contributed by atoms with E-state index in [1.807, 2.05) is 12.3 Å². The molecule has 0 fully saturated rings. The van der Waals surface area contributed by atoms with Crippen LogP contribution in [-0.2, 0) is 6.54 Å². The molecule has 7 heteroatoms. The van der Waals surface area contributed by atoms with E-state index >= 15 is 0 Å². The van der Waals surface area contributed by atoms with Crippen LogP contribution in [0.2, 0.25) is 0 Å². The first-order chi connectivity index (χ1) is 11.3. The summed E-state index contributed by atoms with van der Waals surface area (Å²) in [5.41, 5.74) is 1.81. The Bertz CT molecular complexity index is 805. The number of nitrogens with one attached hydrogen (secondary N) is 1. The molecule has 0 aliphatic carbocycles. The van der Waals surface area contributed by atoms with Crippen molar-refractivity contribution in [3.8, 4) is 11.5 Å². The Kier molecular flexibility index (Phi) is 4.68. The lowest BCUT2D eigenvalue weighted by molar-refractivity contribution is 0.0947. The summed E-state index contributed by atoms with van der Waals surface area (Å²) < 4.78 is 5.36. The van der Waals surface area contributed by atoms with E-state index in [1.165, 1.54) is 11.8 Å². The van der Waals surface area contributed by atoms with E-state index in [0.29, 0.717) is 27.7 Å². The van der Waals surface area contributed by atoms with Gasteiger partial charge in [0.05, 0.1) is 24.1 Å². The molecular formula is C16H14N4O2S. The zero-order chi connectivity index (χ0) is 16.1. The standard InChI is InChI=1S/C16H14N4O2S/c1-23-16-11(4-2-6-19-16)15(21)20-10-12-14(18-8-7-17-12)13-5-3-9-22-13/h2-9H,10H2,1H3,(H,20,21). The molecule has 1 N–H and O–H groups in total. The van der Waals surface area contributed by atoms with Crippen molar-refractivity contribution in [2.45, 2.75) is 11.6 Å². The Morgan fingerprint density at radius 1 is 1.17 bits per heavy atom. The van der Waals surface area contributed by atoms with Crippen molar-refractivity contribution in [3.05, 3.63) is 60.4 Å². The van der Waals surface area contributed by atoms with Crippen molar-refractivity contribution in [2.24, 2.45) is 0 Å². The van der Waals surface area contributed by atoms with Crippen molar-refractivity contribution >= 4 is 17.7 Å². The summed E-state index contributed by atoms with van der Waals surface area (Å²) in [6.07, 6.45) is 8.31. The lowest BCUT2D eigenvalue weighted by Crippen LogP contribution is -2.24. The Morgan fingerprint density at radius 3 is 2.83 bits per heavy atom. The number of carbonyl (C=O) groups is 1. The molecular weight excluding hydrogens is 312 g/mol. The number of hydrogen-bond acceptors (Lipinski definition) is 6. The fourth-order valence-corrected chi connectivity index (χ4v) is 2.65. The van der Waals surface area contributed by atoms with Gasteiger partial charge in [0.25, 0.3) is 5.91 Å². The van der Waals surface area contributed by atoms with E-state index < -0.39 is 0 Å². The van der Waals surface area contributed by atoms with E-state index in [-0.39, 0.29) is 12.5 Å². The van der Waals surface area contributed by atoms with Crippen LogP contribution in [0.1, 0.15) is 16.1 Å². The summed E-state index contributed by atoms with van der Waals surface area (Å²) >= 11 is 1.43. The van der Waals surface area contributed by atoms with Crippen molar-refractivity contribution in [1.29, 1.82) is 0 Å². The van der Waals surface area contributed by atoms with Crippen LogP contribution in [0.25, 0.3) is 11.5 Å². The molecule has 0 bridgehead atoms. The minimum atomic E-state index is -0.196. The maximum atomic E-state index is 12.4. The van der Waals surface area contributed by atoms with Crippen molar-refractivity contribution in [2.75, 3.05) is 6.26 Å². The average molecular weight is 326 g/mol. The smallest absolute Gasteiger partial charge is 0.254 e. The summed E-state index contributed by atoms with van der Waals surface area (Å²) in [6.45, 7) is 0.255. The number of aromatic nitrogens is 3. The van der Waals surface area contributed by atoms with Gasteiger partial charge in [0.1, 0.15) is 10.7 Å². The molecule has 0 saturated heterocycles. The van der Waals surface area contributed by atoms with Gasteiger partial charge in [-0.3, -0.25) is 9.78 Å². The highest BCUT2D eigenvalue weighted by Crippen LogP contribution is 2.20. The van der Waals surface area contributed by atoms with Gasteiger partial charge in [-0.25, -0.2) is 9.97 Å². The number of carbonyl (C=O) groups excluding carboxylic acids is 1. The second kappa shape index (κ2) is 7.06. The SMILES string of the molecule is CSc1ncccc1C(=O)NCc1nccnc1-c1ccco1. The predicted molar refractivity (Wildman–Crippen MR) is 86.9 cm³/mol. The fraction of sp³-hybridized carbons (Fsp3) is 0.125. The van der Waals surface area contributed by atoms with Crippen LogP contribution in [0.4, 0.5) is 0 Å². The van der Waals surface area contributed by atoms with E-state index in [0.717, 1.165) is 0 Å². The molecule has 1 amide bonds. The van der Waals surface area contributed by atoms with E-state index in [2.05, 4.69) is 20.3 Å². The third kappa shape index (κ3) is 3.40. The Labute approximate surface area is 137 Å². The molecule has 116 valence electrons. The second-order valence-electron chi connectivity index (χ2n) is 4.57. The van der Waals surface area contributed by atoms with E-state index in [1.54, 1.807) is 43.1 Å². The highest BCUT2D eigenvalue weighted by Gasteiger charge is 2.14. The van der Waals surface area contributed by atoms with Gasteiger partial charge in [0, 0.05) is 18.6 Å². The lowest BCUT2D eigenvalue weighted by atomic mass is 10.2. The van der Waals surface area contributed by atoms with Gasteiger partial charge < -0.3 is 9.73 Å². The highest BCUT2D eigenvalue weighted by molar-refractivity contribution is 7.98. The van der Waals surface area contributed by atoms with Crippen LogP contribution in [-0.4, -0.2) is 27.1 Å². The zero-order valence-electron chi connectivity index (χ0n) is 12.4. The Balaban J connectivity index is 1.78. The van der Waals surface area contributed by atoms with Crippen LogP contribution < -0.4 is 5.32 Å². The first kappa shape index (κ1) is 15.2. The summed E-state index contributed by atoms with van der Waals surface area (Å²) in [7, 11) is 0. The molecule has 0 spiro atoms. The quantitative estimate of drug-likeness (QED) is 0.726. The second-order valence-corrected chi connectivity index (χ2v) is 5.37. The molecule has 23 heavy (non-hydrogen) atoms. The predicted octanol–water partition coefficient (Wildman–Crippen LogP) is 2.78. The van der Waals surface area contributed by atoms with Crippen LogP contribution in [0.5, 0.6) is 0 Å². The van der Waals surface area contributed by atoms with Crippen LogP contribution in [0.3, 0.4) is 0 Å². The summed E-state index contributed by atoms with van der Waals surface area (Å²) in [6, 6.07) is 7.08. The number of nitrogens with zero attached hydrogens (tertiary/aromatic N) is 3. The number of furan rings is 1. The van der Waals surface area contributed by atoms with Crippen LogP contribution in [0, 0.1) is 0 Å². The van der Waals surface area contributed by atoms with Gasteiger partial charge in [-0.05, 0) is 30.5 Å². The van der Waals surface area contributed by atoms with Crippen LogP contribution >= 0.6 is 11.8 Å². The van der Waals surface area contributed by atoms with Crippen molar-refractivity contribution in [3.63, 3.8) is 0 Å². The summed E-state index contributed by atoms with van der Waals surface area (Å²) in [5.74, 6) is 0.423. The van der Waals surface area contributed by atoms with E-state index in [4.69, 9.17) is 4.42 Å². The largest absolute Gasteiger partial charge is 0.463 e. The topological polar surface area (TPSA) is 80.9 Å². The lowest BCUT2D eigenvalue weighted by Gasteiger charge is -2.09. The Hall–Kier alpha value is -2.67. The molecule has 0 aromatic carbocycles. The molecule has 0 radical (unpaired) electrons. The molecule has 0 unspecified atom stereocenters. The number of thioether (sulfide) groups is 1. The third-order valence-electron chi connectivity index (χ3n) is 3.15. The molecule has 3 rings (SSSR count). The number of hydrogen-bond donors (Lipinski definition) is 1. The first-order valence-corrected chi connectivity index (χ1v) is 8.13. The normalized spacial score (nSPS) is 10.5. The van der Waals surface area contributed by atoms with Gasteiger partial charge in [-0.15, -0.1) is 11.8 Å². The number of amides is 1. The number of rotatable bonds is 5. The maximum Gasteiger partial charge on any atom is 0.254 e. The Morgan fingerprint density at radius 2 is 2.04 bits per heavy atom. The van der Waals surface area contributed by atoms with Crippen molar-refractivity contribution < 1.29 is 9.21 Å². The molecule has 0 saturated carbocycles. The number of pyridine rings is 1. The maximum absolute atomic E-state index is 12.4. The molecule has 6 nitrogen and oxygen atoms in total. The molecule has 0 aliphatic rings. The molecule has 0 aliphatic heterocycles. The molecule has 0 atom stereocenters. The van der Waals surface area contributed by atoms with Gasteiger partial charge in [0.2, 0.25) is 0 Å². The van der Waals surface area contributed by atoms with E-state index in [9.17, 15) is 4.79 Å². The minimum Gasteiger partial charge on any atom is -0.463 e. The summed E-state index contributed by atoms with van der Waals surface area (Å²) in [4.78, 5) is 25.1. The average Bonchev–Trinajstić information content (AvgIpc) is 3.14. The summed E-state index contributed by atoms with van der Waals surface area (Å²) in [5, 5.41) is 3.55. The minimum absolute atomic E-state index is 0.196. The van der Waals surface area contributed by atoms with Gasteiger partial charge in [-0.2, -0.15) is 0 Å². The zero-order valence-corrected chi connectivity index (χ0v) is 13.2.